The SMILES string of the molecule is NC(N)=S.O=S([O-])OC(F)(F)F. The van der Waals surface area contributed by atoms with Gasteiger partial charge in [-0.25, -0.2) is 8.39 Å². The molecule has 1 atom stereocenters. The molecule has 0 aromatic heterocycles. The lowest BCUT2D eigenvalue weighted by atomic mass is 11.3. The van der Waals surface area contributed by atoms with Crippen LogP contribution in [0.5, 0.6) is 0 Å². The number of alkyl halides is 3. The summed E-state index contributed by atoms with van der Waals surface area (Å²) in [6.45, 7) is 0. The highest BCUT2D eigenvalue weighted by molar-refractivity contribution is 7.80. The fraction of sp³-hybridized carbons (Fsp3) is 0.500. The molecular formula is C2H4F3N2O3S2-. The molecule has 12 heavy (non-hydrogen) atoms. The minimum absolute atomic E-state index is 0.000000000000000222. The van der Waals surface area contributed by atoms with Crippen LogP contribution in [0.2, 0.25) is 0 Å². The van der Waals surface area contributed by atoms with Gasteiger partial charge < -0.3 is 16.0 Å². The molecule has 0 rings (SSSR count). The summed E-state index contributed by atoms with van der Waals surface area (Å²) in [5.74, 6) is 0. The molecule has 0 amide bonds. The topological polar surface area (TPSA) is 101 Å². The van der Waals surface area contributed by atoms with Crippen molar-refractivity contribution in [2.75, 3.05) is 0 Å². The Morgan fingerprint density at radius 1 is 1.50 bits per heavy atom. The summed E-state index contributed by atoms with van der Waals surface area (Å²) in [6, 6.07) is 0. The van der Waals surface area contributed by atoms with E-state index < -0.39 is 17.7 Å². The van der Waals surface area contributed by atoms with Crippen molar-refractivity contribution < 1.29 is 26.1 Å². The van der Waals surface area contributed by atoms with Crippen LogP contribution in [0.4, 0.5) is 13.2 Å². The second-order valence-electron chi connectivity index (χ2n) is 1.14. The number of rotatable bonds is 1. The van der Waals surface area contributed by atoms with E-state index in [0.29, 0.717) is 0 Å². The number of thiocarbonyl (C=S) groups is 1. The molecule has 0 spiro atoms. The van der Waals surface area contributed by atoms with Gasteiger partial charge in [0, 0.05) is 0 Å². The van der Waals surface area contributed by atoms with Crippen molar-refractivity contribution in [1.29, 1.82) is 0 Å². The standard InChI is InChI=1S/CHF3O3S.CH4N2S/c2-1(3,4)7-8(5)6;2-1(3)4/h(H,5,6);(H4,2,3,4)/p-1. The lowest BCUT2D eigenvalue weighted by Crippen LogP contribution is -2.18. The van der Waals surface area contributed by atoms with Crippen LogP contribution in [0.1, 0.15) is 0 Å². The van der Waals surface area contributed by atoms with Gasteiger partial charge in [-0.2, -0.15) is 0 Å². The van der Waals surface area contributed by atoms with E-state index >= 15 is 0 Å². The molecule has 74 valence electrons. The Labute approximate surface area is 73.3 Å². The average molecular weight is 225 g/mol. The Kier molecular flexibility index (Phi) is 7.18. The molecular weight excluding hydrogens is 221 g/mol. The predicted octanol–water partition coefficient (Wildman–Crippen LogP) is -0.494. The van der Waals surface area contributed by atoms with Gasteiger partial charge in [0.2, 0.25) is 0 Å². The Hall–Kier alpha value is -0.450. The summed E-state index contributed by atoms with van der Waals surface area (Å²) in [6.07, 6.45) is -5.09. The van der Waals surface area contributed by atoms with E-state index in [0.717, 1.165) is 0 Å². The highest BCUT2D eigenvalue weighted by Gasteiger charge is 2.30. The Morgan fingerprint density at radius 2 is 1.75 bits per heavy atom. The minimum Gasteiger partial charge on any atom is -0.750 e. The van der Waals surface area contributed by atoms with Crippen LogP contribution in [0, 0.1) is 0 Å². The van der Waals surface area contributed by atoms with Crippen LogP contribution in [-0.2, 0) is 15.5 Å². The maximum Gasteiger partial charge on any atom is 0.534 e. The average Bonchev–Trinajstić information content (AvgIpc) is 1.52. The first kappa shape index (κ1) is 14.1. The zero-order valence-electron chi connectivity index (χ0n) is 5.33. The lowest BCUT2D eigenvalue weighted by Gasteiger charge is -2.06. The van der Waals surface area contributed by atoms with E-state index in [1.165, 1.54) is 0 Å². The lowest BCUT2D eigenvalue weighted by molar-refractivity contribution is -0.272. The molecule has 0 aliphatic heterocycles. The number of hydrogen-bond acceptors (Lipinski definition) is 4. The van der Waals surface area contributed by atoms with Gasteiger partial charge in [0.05, 0.1) is 11.4 Å². The van der Waals surface area contributed by atoms with E-state index in [2.05, 4.69) is 27.9 Å². The van der Waals surface area contributed by atoms with Crippen LogP contribution in [0.3, 0.4) is 0 Å². The quantitative estimate of drug-likeness (QED) is 0.461. The summed E-state index contributed by atoms with van der Waals surface area (Å²) >= 11 is 0.583. The Bertz CT molecular complexity index is 167. The van der Waals surface area contributed by atoms with E-state index in [-0.39, 0.29) is 5.11 Å². The predicted molar refractivity (Wildman–Crippen MR) is 37.0 cm³/mol. The summed E-state index contributed by atoms with van der Waals surface area (Å²) in [7, 11) is 0. The number of hydrogen-bond donors (Lipinski definition) is 2. The number of nitrogens with two attached hydrogens (primary N) is 2. The molecule has 10 heteroatoms. The van der Waals surface area contributed by atoms with Gasteiger partial charge in [-0.3, -0.25) is 0 Å². The van der Waals surface area contributed by atoms with Crippen molar-refractivity contribution in [3.63, 3.8) is 0 Å². The molecule has 4 N–H and O–H groups in total. The maximum atomic E-state index is 10.7. The maximum absolute atomic E-state index is 10.7. The third-order valence-corrected chi connectivity index (χ3v) is 0.488. The molecule has 0 saturated carbocycles. The van der Waals surface area contributed by atoms with Gasteiger partial charge in [0.15, 0.2) is 5.11 Å². The summed E-state index contributed by atoms with van der Waals surface area (Å²) in [4.78, 5) is 0. The number of halogens is 3. The van der Waals surface area contributed by atoms with Crippen molar-refractivity contribution in [1.82, 2.24) is 0 Å². The highest BCUT2D eigenvalue weighted by atomic mass is 32.2. The second kappa shape index (κ2) is 6.11. The van der Waals surface area contributed by atoms with Crippen LogP contribution in [-0.4, -0.2) is 20.2 Å². The molecule has 0 aliphatic rings. The summed E-state index contributed by atoms with van der Waals surface area (Å²) < 4.78 is 52.6. The third-order valence-electron chi connectivity index (χ3n) is 0.163. The molecule has 0 radical (unpaired) electrons. The summed E-state index contributed by atoms with van der Waals surface area (Å²) in [5.41, 5.74) is 9.24. The zero-order valence-corrected chi connectivity index (χ0v) is 6.96. The highest BCUT2D eigenvalue weighted by Crippen LogP contribution is 2.16. The van der Waals surface area contributed by atoms with Crippen molar-refractivity contribution in [3.8, 4) is 0 Å². The van der Waals surface area contributed by atoms with E-state index in [1.807, 2.05) is 0 Å². The van der Waals surface area contributed by atoms with Gasteiger partial charge >= 0.3 is 6.36 Å². The van der Waals surface area contributed by atoms with Gasteiger partial charge in [0.25, 0.3) is 0 Å². The van der Waals surface area contributed by atoms with Crippen LogP contribution in [0.25, 0.3) is 0 Å². The van der Waals surface area contributed by atoms with E-state index in [1.54, 1.807) is 0 Å². The molecule has 0 bridgehead atoms. The van der Waals surface area contributed by atoms with E-state index in [9.17, 15) is 13.2 Å². The van der Waals surface area contributed by atoms with Crippen LogP contribution >= 0.6 is 12.2 Å². The Balaban J connectivity index is 0. The molecule has 1 unspecified atom stereocenters. The van der Waals surface area contributed by atoms with Gasteiger partial charge in [-0.15, -0.1) is 13.2 Å². The molecule has 5 nitrogen and oxygen atoms in total. The van der Waals surface area contributed by atoms with Crippen molar-refractivity contribution in [2.24, 2.45) is 11.5 Å². The summed E-state index contributed by atoms with van der Waals surface area (Å²) in [5, 5.41) is 0.000000000000000222. The first-order valence-electron chi connectivity index (χ1n) is 2.05. The fourth-order valence-corrected chi connectivity index (χ4v) is 0.231. The molecule has 0 heterocycles. The van der Waals surface area contributed by atoms with Gasteiger partial charge in [-0.05, 0) is 12.2 Å². The molecule has 0 aromatic carbocycles. The van der Waals surface area contributed by atoms with Crippen molar-refractivity contribution in [2.45, 2.75) is 6.36 Å². The molecule has 0 aromatic rings. The van der Waals surface area contributed by atoms with Crippen molar-refractivity contribution in [3.05, 3.63) is 0 Å². The van der Waals surface area contributed by atoms with Crippen LogP contribution < -0.4 is 11.5 Å². The fourth-order valence-electron chi connectivity index (χ4n) is 0.0772. The van der Waals surface area contributed by atoms with Crippen LogP contribution in [0.15, 0.2) is 0 Å². The second-order valence-corrected chi connectivity index (χ2v) is 2.18. The van der Waals surface area contributed by atoms with Gasteiger partial charge in [0.1, 0.15) is 0 Å². The molecule has 0 fully saturated rings. The normalized spacial score (nSPS) is 12.7. The first-order chi connectivity index (χ1) is 5.15. The third kappa shape index (κ3) is 33.7. The van der Waals surface area contributed by atoms with E-state index in [4.69, 9.17) is 8.76 Å². The molecule has 0 saturated heterocycles. The Morgan fingerprint density at radius 3 is 1.75 bits per heavy atom. The monoisotopic (exact) mass is 225 g/mol. The molecule has 0 aliphatic carbocycles. The first-order valence-corrected chi connectivity index (χ1v) is 3.46. The van der Waals surface area contributed by atoms with Crippen molar-refractivity contribution >= 4 is 28.7 Å². The largest absolute Gasteiger partial charge is 0.750 e. The zero-order chi connectivity index (χ0) is 10.4. The van der Waals surface area contributed by atoms with Gasteiger partial charge in [-0.1, -0.05) is 0 Å². The smallest absolute Gasteiger partial charge is 0.534 e. The minimum atomic E-state index is -5.09.